The van der Waals surface area contributed by atoms with Crippen LogP contribution in [0.4, 0.5) is 0 Å². The molecule has 0 atom stereocenters. The molecule has 0 aliphatic rings. The van der Waals surface area contributed by atoms with E-state index in [2.05, 4.69) is 32.9 Å². The second-order valence-electron chi connectivity index (χ2n) is 5.24. The summed E-state index contributed by atoms with van der Waals surface area (Å²) in [6, 6.07) is 4.33. The first-order chi connectivity index (χ1) is 10.0. The van der Waals surface area contributed by atoms with E-state index in [1.54, 1.807) is 0 Å². The van der Waals surface area contributed by atoms with Crippen molar-refractivity contribution < 1.29 is 4.79 Å². The maximum atomic E-state index is 13.0. The van der Waals surface area contributed by atoms with Gasteiger partial charge in [-0.15, -0.1) is 11.3 Å². The van der Waals surface area contributed by atoms with Crippen molar-refractivity contribution in [2.75, 3.05) is 0 Å². The van der Waals surface area contributed by atoms with Gasteiger partial charge in [-0.25, -0.2) is 0 Å². The smallest absolute Gasteiger partial charge is 0.205 e. The summed E-state index contributed by atoms with van der Waals surface area (Å²) < 4.78 is 0. The Kier molecular flexibility index (Phi) is 5.23. The summed E-state index contributed by atoms with van der Waals surface area (Å²) in [7, 11) is 0. The van der Waals surface area contributed by atoms with E-state index in [4.69, 9.17) is 11.6 Å². The number of rotatable bonds is 5. The number of hydrogen-bond donors (Lipinski definition) is 0. The molecule has 0 saturated heterocycles. The van der Waals surface area contributed by atoms with E-state index >= 15 is 0 Å². The molecule has 0 unspecified atom stereocenters. The van der Waals surface area contributed by atoms with Crippen molar-refractivity contribution >= 4 is 28.7 Å². The van der Waals surface area contributed by atoms with Crippen LogP contribution in [0.5, 0.6) is 0 Å². The zero-order valence-electron chi connectivity index (χ0n) is 13.0. The number of ketones is 1. The third-order valence-corrected chi connectivity index (χ3v) is 5.56. The predicted octanol–water partition coefficient (Wildman–Crippen LogP) is 5.63. The summed E-state index contributed by atoms with van der Waals surface area (Å²) in [5.74, 6) is 0.0782. The molecule has 2 rings (SSSR count). The molecule has 2 aromatic rings. The van der Waals surface area contributed by atoms with Crippen molar-refractivity contribution in [3.63, 3.8) is 0 Å². The number of carbonyl (C=O) groups excluding carboxylic acids is 1. The molecule has 1 heterocycles. The van der Waals surface area contributed by atoms with Crippen LogP contribution in [-0.4, -0.2) is 5.78 Å². The normalized spacial score (nSPS) is 10.9. The summed E-state index contributed by atoms with van der Waals surface area (Å²) in [6.45, 7) is 8.30. The van der Waals surface area contributed by atoms with Crippen LogP contribution in [0.1, 0.15) is 58.3 Å². The van der Waals surface area contributed by atoms with Crippen molar-refractivity contribution in [3.8, 4) is 0 Å². The largest absolute Gasteiger partial charge is 0.288 e. The molecule has 0 aliphatic heterocycles. The molecule has 1 aromatic carbocycles. The fourth-order valence-electron chi connectivity index (χ4n) is 2.59. The Hall–Kier alpha value is -1.12. The fraction of sp³-hybridized carbons (Fsp3) is 0.389. The van der Waals surface area contributed by atoms with Gasteiger partial charge in [0.1, 0.15) is 0 Å². The van der Waals surface area contributed by atoms with Crippen molar-refractivity contribution in [3.05, 3.63) is 55.2 Å². The van der Waals surface area contributed by atoms with Crippen LogP contribution in [0.15, 0.2) is 17.5 Å². The summed E-state index contributed by atoms with van der Waals surface area (Å²) in [4.78, 5) is 13.6. The first-order valence-corrected chi connectivity index (χ1v) is 8.72. The Morgan fingerprint density at radius 3 is 2.05 bits per heavy atom. The van der Waals surface area contributed by atoms with Gasteiger partial charge in [0, 0.05) is 5.56 Å². The predicted molar refractivity (Wildman–Crippen MR) is 92.1 cm³/mol. The molecule has 1 nitrogen and oxygen atoms in total. The lowest BCUT2D eigenvalue weighted by atomic mass is 9.90. The fourth-order valence-corrected chi connectivity index (χ4v) is 3.81. The quantitative estimate of drug-likeness (QED) is 0.653. The molecule has 0 fully saturated rings. The van der Waals surface area contributed by atoms with Crippen LogP contribution in [-0.2, 0) is 19.3 Å². The highest BCUT2D eigenvalue weighted by atomic mass is 35.5. The molecule has 0 saturated carbocycles. The molecule has 0 spiro atoms. The Bertz CT molecular complexity index is 645. The van der Waals surface area contributed by atoms with E-state index in [9.17, 15) is 4.79 Å². The maximum absolute atomic E-state index is 13.0. The van der Waals surface area contributed by atoms with Gasteiger partial charge in [-0.2, -0.15) is 0 Å². The average molecular weight is 321 g/mol. The summed E-state index contributed by atoms with van der Waals surface area (Å²) >= 11 is 7.74. The van der Waals surface area contributed by atoms with Gasteiger partial charge >= 0.3 is 0 Å². The molecule has 21 heavy (non-hydrogen) atoms. The van der Waals surface area contributed by atoms with Crippen molar-refractivity contribution in [2.45, 2.75) is 47.0 Å². The van der Waals surface area contributed by atoms with Crippen LogP contribution in [0, 0.1) is 6.92 Å². The van der Waals surface area contributed by atoms with Gasteiger partial charge in [-0.05, 0) is 53.8 Å². The van der Waals surface area contributed by atoms with Gasteiger partial charge in [-0.1, -0.05) is 44.5 Å². The Morgan fingerprint density at radius 1 is 1.10 bits per heavy atom. The third-order valence-electron chi connectivity index (χ3n) is 3.86. The Balaban J connectivity index is 2.61. The van der Waals surface area contributed by atoms with Crippen LogP contribution in [0.25, 0.3) is 0 Å². The molecule has 0 radical (unpaired) electrons. The van der Waals surface area contributed by atoms with E-state index < -0.39 is 0 Å². The molecule has 0 aliphatic carbocycles. The van der Waals surface area contributed by atoms with Gasteiger partial charge in [0.2, 0.25) is 5.78 Å². The lowest BCUT2D eigenvalue weighted by molar-refractivity contribution is 0.104. The van der Waals surface area contributed by atoms with Crippen LogP contribution in [0.2, 0.25) is 5.02 Å². The summed E-state index contributed by atoms with van der Waals surface area (Å²) in [6.07, 6.45) is 2.72. The SMILES string of the molecule is CCc1cc(CC)c(C(=O)c2scc(C)c2Cl)c(CC)c1. The van der Waals surface area contributed by atoms with Crippen LogP contribution in [0.3, 0.4) is 0 Å². The van der Waals surface area contributed by atoms with Crippen molar-refractivity contribution in [1.82, 2.24) is 0 Å². The second kappa shape index (κ2) is 6.76. The zero-order chi connectivity index (χ0) is 15.6. The average Bonchev–Trinajstić information content (AvgIpc) is 2.84. The molecule has 0 bridgehead atoms. The molecule has 0 N–H and O–H groups in total. The first kappa shape index (κ1) is 16.3. The number of carbonyl (C=O) groups is 1. The van der Waals surface area contributed by atoms with Gasteiger partial charge in [0.05, 0.1) is 9.90 Å². The van der Waals surface area contributed by atoms with Crippen LogP contribution >= 0.6 is 22.9 Å². The molecule has 3 heteroatoms. The Morgan fingerprint density at radius 2 is 1.67 bits per heavy atom. The van der Waals surface area contributed by atoms with E-state index in [0.29, 0.717) is 9.90 Å². The number of thiophene rings is 1. The van der Waals surface area contributed by atoms with E-state index in [-0.39, 0.29) is 5.78 Å². The van der Waals surface area contributed by atoms with Gasteiger partial charge < -0.3 is 0 Å². The van der Waals surface area contributed by atoms with E-state index in [0.717, 1.165) is 41.5 Å². The lowest BCUT2D eigenvalue weighted by Crippen LogP contribution is -2.09. The molecule has 1 aromatic heterocycles. The van der Waals surface area contributed by atoms with Crippen molar-refractivity contribution in [2.24, 2.45) is 0 Å². The molecule has 112 valence electrons. The lowest BCUT2D eigenvalue weighted by Gasteiger charge is -2.14. The molecular formula is C18H21ClOS. The monoisotopic (exact) mass is 320 g/mol. The topological polar surface area (TPSA) is 17.1 Å². The minimum Gasteiger partial charge on any atom is -0.288 e. The third kappa shape index (κ3) is 3.07. The second-order valence-corrected chi connectivity index (χ2v) is 6.50. The van der Waals surface area contributed by atoms with E-state index in [1.807, 2.05) is 12.3 Å². The highest BCUT2D eigenvalue weighted by Crippen LogP contribution is 2.32. The number of benzene rings is 1. The molecular weight excluding hydrogens is 300 g/mol. The van der Waals surface area contributed by atoms with Crippen molar-refractivity contribution in [1.29, 1.82) is 0 Å². The minimum absolute atomic E-state index is 0.0782. The highest BCUT2D eigenvalue weighted by Gasteiger charge is 2.22. The maximum Gasteiger partial charge on any atom is 0.205 e. The summed E-state index contributed by atoms with van der Waals surface area (Å²) in [5, 5.41) is 2.56. The van der Waals surface area contributed by atoms with E-state index in [1.165, 1.54) is 16.9 Å². The summed E-state index contributed by atoms with van der Waals surface area (Å²) in [5.41, 5.74) is 5.41. The Labute approximate surface area is 136 Å². The number of hydrogen-bond acceptors (Lipinski definition) is 2. The molecule has 0 amide bonds. The van der Waals surface area contributed by atoms with Gasteiger partial charge in [0.25, 0.3) is 0 Å². The highest BCUT2D eigenvalue weighted by molar-refractivity contribution is 7.13. The standard InChI is InChI=1S/C18H21ClOS/c1-5-12-8-13(6-2)15(14(7-3)9-12)17(20)18-16(19)11(4)10-21-18/h8-10H,5-7H2,1-4H3. The van der Waals surface area contributed by atoms with Gasteiger partial charge in [-0.3, -0.25) is 4.79 Å². The minimum atomic E-state index is 0.0782. The number of halogens is 1. The zero-order valence-corrected chi connectivity index (χ0v) is 14.6. The van der Waals surface area contributed by atoms with Gasteiger partial charge in [0.15, 0.2) is 0 Å². The van der Waals surface area contributed by atoms with Crippen LogP contribution < -0.4 is 0 Å². The first-order valence-electron chi connectivity index (χ1n) is 7.46. The number of aryl methyl sites for hydroxylation is 4.